The van der Waals surface area contributed by atoms with Gasteiger partial charge in [0, 0.05) is 6.04 Å². The van der Waals surface area contributed by atoms with E-state index in [-0.39, 0.29) is 12.1 Å². The lowest BCUT2D eigenvalue weighted by atomic mass is 10.1. The maximum atomic E-state index is 11.9. The summed E-state index contributed by atoms with van der Waals surface area (Å²) in [6.45, 7) is 9.51. The van der Waals surface area contributed by atoms with Crippen molar-refractivity contribution in [3.63, 3.8) is 0 Å². The van der Waals surface area contributed by atoms with Crippen LogP contribution in [-0.4, -0.2) is 40.4 Å². The van der Waals surface area contributed by atoms with Crippen molar-refractivity contribution in [3.05, 3.63) is 12.7 Å². The molecule has 1 amide bonds. The number of amides is 1. The molecule has 1 N–H and O–H groups in total. The van der Waals surface area contributed by atoms with Crippen molar-refractivity contribution in [1.29, 1.82) is 0 Å². The number of likely N-dealkylation sites (tertiary alicyclic amines) is 1. The molecule has 1 heterocycles. The Morgan fingerprint density at radius 1 is 1.62 bits per heavy atom. The molecule has 0 spiro atoms. The summed E-state index contributed by atoms with van der Waals surface area (Å²) in [4.78, 5) is 13.4. The second-order valence-electron chi connectivity index (χ2n) is 5.20. The maximum absolute atomic E-state index is 11.9. The molecule has 0 unspecified atom stereocenters. The van der Waals surface area contributed by atoms with E-state index in [0.29, 0.717) is 19.4 Å². The third kappa shape index (κ3) is 3.52. The first-order valence-corrected chi connectivity index (χ1v) is 5.62. The molecule has 0 aromatic rings. The lowest BCUT2D eigenvalue weighted by Gasteiger charge is -2.27. The molecule has 0 saturated carbocycles. The van der Waals surface area contributed by atoms with Gasteiger partial charge in [0.1, 0.15) is 5.60 Å². The summed E-state index contributed by atoms with van der Waals surface area (Å²) in [5.74, 6) is 0. The quantitative estimate of drug-likeness (QED) is 0.733. The van der Waals surface area contributed by atoms with Gasteiger partial charge in [0.15, 0.2) is 0 Å². The fourth-order valence-electron chi connectivity index (χ4n) is 1.85. The summed E-state index contributed by atoms with van der Waals surface area (Å²) in [7, 11) is 0. The van der Waals surface area contributed by atoms with Crippen LogP contribution in [0.3, 0.4) is 0 Å². The van der Waals surface area contributed by atoms with Gasteiger partial charge in [-0.25, -0.2) is 4.79 Å². The highest BCUT2D eigenvalue weighted by molar-refractivity contribution is 5.69. The first-order chi connectivity index (χ1) is 7.33. The summed E-state index contributed by atoms with van der Waals surface area (Å²) in [6, 6.07) is 0.0161. The molecule has 1 saturated heterocycles. The first-order valence-electron chi connectivity index (χ1n) is 5.62. The molecule has 92 valence electrons. The Morgan fingerprint density at radius 3 is 2.75 bits per heavy atom. The molecular weight excluding hydrogens is 206 g/mol. The molecule has 0 aromatic heterocycles. The van der Waals surface area contributed by atoms with Crippen molar-refractivity contribution in [3.8, 4) is 0 Å². The minimum atomic E-state index is -0.497. The van der Waals surface area contributed by atoms with Gasteiger partial charge in [0.25, 0.3) is 0 Å². The fraction of sp³-hybridized carbons (Fsp3) is 0.750. The van der Waals surface area contributed by atoms with Crippen LogP contribution in [0.15, 0.2) is 12.7 Å². The molecule has 0 radical (unpaired) electrons. The van der Waals surface area contributed by atoms with E-state index in [0.717, 1.165) is 0 Å². The third-order valence-electron chi connectivity index (χ3n) is 2.46. The van der Waals surface area contributed by atoms with Crippen LogP contribution in [0.1, 0.15) is 33.6 Å². The van der Waals surface area contributed by atoms with Crippen molar-refractivity contribution >= 4 is 6.09 Å². The predicted molar refractivity (Wildman–Crippen MR) is 62.2 cm³/mol. The van der Waals surface area contributed by atoms with E-state index in [4.69, 9.17) is 4.74 Å². The van der Waals surface area contributed by atoms with Gasteiger partial charge >= 0.3 is 6.09 Å². The number of aliphatic hydroxyl groups excluding tert-OH is 1. The number of carbonyl (C=O) groups excluding carboxylic acids is 1. The minimum absolute atomic E-state index is 0.0161. The molecule has 1 fully saturated rings. The summed E-state index contributed by atoms with van der Waals surface area (Å²) in [6.07, 6.45) is 2.26. The molecule has 4 nitrogen and oxygen atoms in total. The standard InChI is InChI=1S/C12H21NO3/c1-5-6-9-7-10(14)8-13(9)11(15)16-12(2,3)4/h5,9-10,14H,1,6-8H2,2-4H3/t9-,10-/m1/s1. The van der Waals surface area contributed by atoms with Crippen LogP contribution in [-0.2, 0) is 4.74 Å². The highest BCUT2D eigenvalue weighted by atomic mass is 16.6. The van der Waals surface area contributed by atoms with Crippen LogP contribution >= 0.6 is 0 Å². The number of hydrogen-bond acceptors (Lipinski definition) is 3. The zero-order valence-corrected chi connectivity index (χ0v) is 10.3. The largest absolute Gasteiger partial charge is 0.444 e. The highest BCUT2D eigenvalue weighted by Gasteiger charge is 2.35. The van der Waals surface area contributed by atoms with Crippen LogP contribution < -0.4 is 0 Å². The number of ether oxygens (including phenoxy) is 1. The molecule has 4 heteroatoms. The zero-order valence-electron chi connectivity index (χ0n) is 10.3. The molecule has 16 heavy (non-hydrogen) atoms. The van der Waals surface area contributed by atoms with Gasteiger partial charge in [-0.2, -0.15) is 0 Å². The molecule has 0 aliphatic carbocycles. The summed E-state index contributed by atoms with van der Waals surface area (Å²) >= 11 is 0. The zero-order chi connectivity index (χ0) is 12.3. The van der Waals surface area contributed by atoms with Gasteiger partial charge in [-0.1, -0.05) is 6.08 Å². The van der Waals surface area contributed by atoms with E-state index in [2.05, 4.69) is 6.58 Å². The Kier molecular flexibility index (Phi) is 3.97. The van der Waals surface area contributed by atoms with Gasteiger partial charge in [-0.05, 0) is 33.6 Å². The van der Waals surface area contributed by atoms with Gasteiger partial charge in [-0.3, -0.25) is 0 Å². The van der Waals surface area contributed by atoms with Crippen LogP contribution in [0.4, 0.5) is 4.79 Å². The minimum Gasteiger partial charge on any atom is -0.444 e. The van der Waals surface area contributed by atoms with Crippen LogP contribution in [0.25, 0.3) is 0 Å². The number of nitrogens with zero attached hydrogens (tertiary/aromatic N) is 1. The Bertz CT molecular complexity index is 270. The second kappa shape index (κ2) is 4.87. The average molecular weight is 227 g/mol. The van der Waals surface area contributed by atoms with E-state index in [9.17, 15) is 9.90 Å². The van der Waals surface area contributed by atoms with Crippen LogP contribution in [0, 0.1) is 0 Å². The molecule has 1 aliphatic rings. The number of carbonyl (C=O) groups is 1. The molecular formula is C12H21NO3. The second-order valence-corrected chi connectivity index (χ2v) is 5.20. The molecule has 1 rings (SSSR count). The van der Waals surface area contributed by atoms with Crippen molar-refractivity contribution in [2.45, 2.75) is 51.4 Å². The smallest absolute Gasteiger partial charge is 0.410 e. The van der Waals surface area contributed by atoms with E-state index < -0.39 is 11.7 Å². The van der Waals surface area contributed by atoms with Crippen molar-refractivity contribution in [2.75, 3.05) is 6.54 Å². The van der Waals surface area contributed by atoms with Crippen LogP contribution in [0.2, 0.25) is 0 Å². The van der Waals surface area contributed by atoms with E-state index in [1.807, 2.05) is 20.8 Å². The molecule has 0 aromatic carbocycles. The number of hydrogen-bond donors (Lipinski definition) is 1. The molecule has 2 atom stereocenters. The summed E-state index contributed by atoms with van der Waals surface area (Å²) in [5, 5.41) is 9.56. The lowest BCUT2D eigenvalue weighted by molar-refractivity contribution is 0.0210. The van der Waals surface area contributed by atoms with E-state index in [1.165, 1.54) is 0 Å². The van der Waals surface area contributed by atoms with E-state index in [1.54, 1.807) is 11.0 Å². The number of β-amino-alcohol motifs (C(OH)–C–C–N with tert-alkyl or cyclic N) is 1. The number of rotatable bonds is 2. The van der Waals surface area contributed by atoms with Gasteiger partial charge in [0.2, 0.25) is 0 Å². The summed E-state index contributed by atoms with van der Waals surface area (Å²) in [5.41, 5.74) is -0.497. The monoisotopic (exact) mass is 227 g/mol. The Balaban J connectivity index is 2.63. The first kappa shape index (κ1) is 13.0. The molecule has 1 aliphatic heterocycles. The topological polar surface area (TPSA) is 49.8 Å². The normalized spacial score (nSPS) is 25.6. The Morgan fingerprint density at radius 2 is 2.25 bits per heavy atom. The van der Waals surface area contributed by atoms with Crippen molar-refractivity contribution < 1.29 is 14.6 Å². The van der Waals surface area contributed by atoms with Crippen molar-refractivity contribution in [2.24, 2.45) is 0 Å². The third-order valence-corrected chi connectivity index (χ3v) is 2.46. The lowest BCUT2D eigenvalue weighted by Crippen LogP contribution is -2.40. The van der Waals surface area contributed by atoms with Gasteiger partial charge in [0.05, 0.1) is 12.6 Å². The van der Waals surface area contributed by atoms with Gasteiger partial charge in [-0.15, -0.1) is 6.58 Å². The Hall–Kier alpha value is -1.03. The highest BCUT2D eigenvalue weighted by Crippen LogP contribution is 2.23. The Labute approximate surface area is 96.9 Å². The van der Waals surface area contributed by atoms with Gasteiger partial charge < -0.3 is 14.7 Å². The summed E-state index contributed by atoms with van der Waals surface area (Å²) < 4.78 is 5.29. The van der Waals surface area contributed by atoms with Crippen molar-refractivity contribution in [1.82, 2.24) is 4.90 Å². The predicted octanol–water partition coefficient (Wildman–Crippen LogP) is 1.93. The SMILES string of the molecule is C=CC[C@@H]1C[C@@H](O)CN1C(=O)OC(C)(C)C. The maximum Gasteiger partial charge on any atom is 0.410 e. The van der Waals surface area contributed by atoms with E-state index >= 15 is 0 Å². The fourth-order valence-corrected chi connectivity index (χ4v) is 1.85. The number of aliphatic hydroxyl groups is 1. The average Bonchev–Trinajstić information content (AvgIpc) is 2.44. The van der Waals surface area contributed by atoms with Crippen LogP contribution in [0.5, 0.6) is 0 Å². The molecule has 0 bridgehead atoms.